The van der Waals surface area contributed by atoms with Crippen molar-refractivity contribution < 1.29 is 9.52 Å². The molecule has 0 fully saturated rings. The molecule has 4 nitrogen and oxygen atoms in total. The van der Waals surface area contributed by atoms with E-state index in [0.717, 1.165) is 10.0 Å². The molecule has 0 aliphatic heterocycles. The van der Waals surface area contributed by atoms with Crippen molar-refractivity contribution in [1.82, 2.24) is 9.78 Å². The zero-order valence-electron chi connectivity index (χ0n) is 8.44. The normalized spacial score (nSPS) is 13.1. The molecule has 15 heavy (non-hydrogen) atoms. The van der Waals surface area contributed by atoms with Gasteiger partial charge in [-0.1, -0.05) is 0 Å². The SMILES string of the molecule is Cc1ccoc1C(O)c1c(Br)cnn1C. The lowest BCUT2D eigenvalue weighted by Crippen LogP contribution is -2.07. The van der Waals surface area contributed by atoms with E-state index in [1.165, 1.54) is 0 Å². The molecule has 0 aliphatic carbocycles. The Labute approximate surface area is 95.6 Å². The zero-order valence-corrected chi connectivity index (χ0v) is 10.0. The van der Waals surface area contributed by atoms with Crippen LogP contribution in [0.4, 0.5) is 0 Å². The largest absolute Gasteiger partial charge is 0.466 e. The smallest absolute Gasteiger partial charge is 0.154 e. The molecule has 2 aromatic heterocycles. The monoisotopic (exact) mass is 270 g/mol. The van der Waals surface area contributed by atoms with Crippen LogP contribution in [0.2, 0.25) is 0 Å². The molecule has 0 radical (unpaired) electrons. The van der Waals surface area contributed by atoms with E-state index in [-0.39, 0.29) is 0 Å². The molecule has 0 aliphatic rings. The number of hydrogen-bond donors (Lipinski definition) is 1. The molecule has 2 rings (SSSR count). The minimum atomic E-state index is -0.790. The van der Waals surface area contributed by atoms with Crippen molar-refractivity contribution in [1.29, 1.82) is 0 Å². The van der Waals surface area contributed by atoms with E-state index < -0.39 is 6.10 Å². The van der Waals surface area contributed by atoms with Gasteiger partial charge >= 0.3 is 0 Å². The van der Waals surface area contributed by atoms with Crippen molar-refractivity contribution in [2.45, 2.75) is 13.0 Å². The summed E-state index contributed by atoms with van der Waals surface area (Å²) >= 11 is 3.34. The minimum absolute atomic E-state index is 0.555. The van der Waals surface area contributed by atoms with E-state index in [9.17, 15) is 5.11 Å². The quantitative estimate of drug-likeness (QED) is 0.910. The first-order chi connectivity index (χ1) is 7.11. The van der Waals surface area contributed by atoms with Crippen LogP contribution >= 0.6 is 15.9 Å². The van der Waals surface area contributed by atoms with Crippen LogP contribution in [0.1, 0.15) is 23.1 Å². The van der Waals surface area contributed by atoms with Gasteiger partial charge in [0.25, 0.3) is 0 Å². The molecule has 1 N–H and O–H groups in total. The van der Waals surface area contributed by atoms with Gasteiger partial charge in [0.1, 0.15) is 5.76 Å². The summed E-state index contributed by atoms with van der Waals surface area (Å²) in [4.78, 5) is 0. The highest BCUT2D eigenvalue weighted by atomic mass is 79.9. The fourth-order valence-corrected chi connectivity index (χ4v) is 2.08. The lowest BCUT2D eigenvalue weighted by Gasteiger charge is -2.10. The lowest BCUT2D eigenvalue weighted by molar-refractivity contribution is 0.178. The Bertz CT molecular complexity index is 456. The molecule has 2 aromatic rings. The number of furan rings is 1. The molecule has 1 atom stereocenters. The summed E-state index contributed by atoms with van der Waals surface area (Å²) < 4.78 is 7.64. The minimum Gasteiger partial charge on any atom is -0.466 e. The summed E-state index contributed by atoms with van der Waals surface area (Å²) in [5, 5.41) is 14.2. The van der Waals surface area contributed by atoms with E-state index >= 15 is 0 Å². The van der Waals surface area contributed by atoms with E-state index in [0.29, 0.717) is 11.5 Å². The van der Waals surface area contributed by atoms with Crippen LogP contribution in [0.5, 0.6) is 0 Å². The fraction of sp³-hybridized carbons (Fsp3) is 0.300. The maximum atomic E-state index is 10.1. The van der Waals surface area contributed by atoms with Crippen molar-refractivity contribution >= 4 is 15.9 Å². The molecule has 0 saturated carbocycles. The van der Waals surface area contributed by atoms with Crippen molar-refractivity contribution in [2.24, 2.45) is 7.05 Å². The summed E-state index contributed by atoms with van der Waals surface area (Å²) in [6.45, 7) is 1.90. The number of aliphatic hydroxyl groups excluding tert-OH is 1. The Balaban J connectivity index is 2.45. The molecule has 80 valence electrons. The maximum Gasteiger partial charge on any atom is 0.154 e. The predicted octanol–water partition coefficient (Wildman–Crippen LogP) is 2.17. The van der Waals surface area contributed by atoms with Crippen LogP contribution in [-0.4, -0.2) is 14.9 Å². The molecule has 0 saturated heterocycles. The van der Waals surface area contributed by atoms with Gasteiger partial charge in [0.05, 0.1) is 22.6 Å². The van der Waals surface area contributed by atoms with Crippen LogP contribution in [0, 0.1) is 6.92 Å². The van der Waals surface area contributed by atoms with Crippen LogP contribution in [0.15, 0.2) is 27.4 Å². The van der Waals surface area contributed by atoms with E-state index in [4.69, 9.17) is 4.42 Å². The number of aliphatic hydroxyl groups is 1. The van der Waals surface area contributed by atoms with Gasteiger partial charge in [-0.3, -0.25) is 4.68 Å². The summed E-state index contributed by atoms with van der Waals surface area (Å²) in [7, 11) is 1.78. The molecular formula is C10H11BrN2O2. The number of halogens is 1. The molecule has 5 heteroatoms. The molecule has 0 aromatic carbocycles. The second kappa shape index (κ2) is 3.83. The first-order valence-corrected chi connectivity index (χ1v) is 5.30. The van der Waals surface area contributed by atoms with E-state index in [1.54, 1.807) is 24.2 Å². The van der Waals surface area contributed by atoms with Gasteiger partial charge in [-0.2, -0.15) is 5.10 Å². The molecule has 1 unspecified atom stereocenters. The Hall–Kier alpha value is -1.07. The zero-order chi connectivity index (χ0) is 11.0. The number of rotatable bonds is 2. The van der Waals surface area contributed by atoms with Crippen molar-refractivity contribution in [3.8, 4) is 0 Å². The summed E-state index contributed by atoms with van der Waals surface area (Å²) in [5.41, 5.74) is 1.61. The number of aromatic nitrogens is 2. The fourth-order valence-electron chi connectivity index (χ4n) is 1.52. The summed E-state index contributed by atoms with van der Waals surface area (Å²) in [6.07, 6.45) is 2.43. The van der Waals surface area contributed by atoms with Crippen molar-refractivity contribution in [3.63, 3.8) is 0 Å². The van der Waals surface area contributed by atoms with Gasteiger partial charge in [-0.15, -0.1) is 0 Å². The second-order valence-electron chi connectivity index (χ2n) is 3.37. The third-order valence-electron chi connectivity index (χ3n) is 2.35. The van der Waals surface area contributed by atoms with Gasteiger partial charge in [0.15, 0.2) is 6.10 Å². The van der Waals surface area contributed by atoms with Crippen molar-refractivity contribution in [3.05, 3.63) is 40.0 Å². The third-order valence-corrected chi connectivity index (χ3v) is 2.96. The molecule has 0 spiro atoms. The van der Waals surface area contributed by atoms with Gasteiger partial charge in [0.2, 0.25) is 0 Å². The van der Waals surface area contributed by atoms with Gasteiger partial charge < -0.3 is 9.52 Å². The molecule has 0 amide bonds. The first kappa shape index (κ1) is 10.4. The topological polar surface area (TPSA) is 51.2 Å². The average molecular weight is 271 g/mol. The predicted molar refractivity (Wildman–Crippen MR) is 58.4 cm³/mol. The van der Waals surface area contributed by atoms with Gasteiger partial charge in [0, 0.05) is 7.05 Å². The second-order valence-corrected chi connectivity index (χ2v) is 4.23. The van der Waals surface area contributed by atoms with Gasteiger partial charge in [-0.05, 0) is 34.5 Å². The standard InChI is InChI=1S/C10H11BrN2O2/c1-6-3-4-15-10(6)9(14)8-7(11)5-12-13(8)2/h3-5,9,14H,1-2H3. The summed E-state index contributed by atoms with van der Waals surface area (Å²) in [6, 6.07) is 1.82. The average Bonchev–Trinajstić information content (AvgIpc) is 2.73. The van der Waals surface area contributed by atoms with Crippen LogP contribution in [0.3, 0.4) is 0 Å². The van der Waals surface area contributed by atoms with Crippen LogP contribution < -0.4 is 0 Å². The van der Waals surface area contributed by atoms with Gasteiger partial charge in [-0.25, -0.2) is 0 Å². The number of hydrogen-bond acceptors (Lipinski definition) is 3. The highest BCUT2D eigenvalue weighted by Crippen LogP contribution is 2.29. The highest BCUT2D eigenvalue weighted by molar-refractivity contribution is 9.10. The van der Waals surface area contributed by atoms with Crippen molar-refractivity contribution in [2.75, 3.05) is 0 Å². The number of nitrogens with zero attached hydrogens (tertiary/aromatic N) is 2. The molecular weight excluding hydrogens is 260 g/mol. The van der Waals surface area contributed by atoms with E-state index in [2.05, 4.69) is 21.0 Å². The summed E-state index contributed by atoms with van der Waals surface area (Å²) in [5.74, 6) is 0.555. The Morgan fingerprint density at radius 1 is 1.60 bits per heavy atom. The first-order valence-electron chi connectivity index (χ1n) is 4.50. The molecule has 0 bridgehead atoms. The highest BCUT2D eigenvalue weighted by Gasteiger charge is 2.22. The number of aryl methyl sites for hydroxylation is 2. The Morgan fingerprint density at radius 2 is 2.33 bits per heavy atom. The van der Waals surface area contributed by atoms with E-state index in [1.807, 2.05) is 13.0 Å². The molecule has 2 heterocycles. The van der Waals surface area contributed by atoms with Crippen LogP contribution in [0.25, 0.3) is 0 Å². The van der Waals surface area contributed by atoms with Crippen LogP contribution in [-0.2, 0) is 7.05 Å². The third kappa shape index (κ3) is 1.72. The maximum absolute atomic E-state index is 10.1. The Kier molecular flexibility index (Phi) is 2.67. The Morgan fingerprint density at radius 3 is 2.80 bits per heavy atom. The lowest BCUT2D eigenvalue weighted by atomic mass is 10.1.